The highest BCUT2D eigenvalue weighted by atomic mass is 32.2. The van der Waals surface area contributed by atoms with Gasteiger partial charge in [-0.05, 0) is 13.3 Å². The minimum Gasteiger partial charge on any atom is -0.393 e. The lowest BCUT2D eigenvalue weighted by Gasteiger charge is -2.26. The second-order valence-corrected chi connectivity index (χ2v) is 6.22. The first kappa shape index (κ1) is 12.4. The number of nitrogens with zero attached hydrogens (tertiary/aromatic N) is 1. The van der Waals surface area contributed by atoms with Gasteiger partial charge in [0.15, 0.2) is 9.84 Å². The fourth-order valence-electron chi connectivity index (χ4n) is 1.45. The normalized spacial score (nSPS) is 22.4. The minimum atomic E-state index is -2.92. The van der Waals surface area contributed by atoms with Crippen LogP contribution in [0, 0.1) is 0 Å². The lowest BCUT2D eigenvalue weighted by atomic mass is 10.2. The molecule has 1 amide bonds. The summed E-state index contributed by atoms with van der Waals surface area (Å²) in [5.41, 5.74) is 0. The Bertz CT molecular complexity index is 309. The molecule has 1 saturated heterocycles. The first-order chi connectivity index (χ1) is 6.91. The molecular formula is C9H17NO4S. The molecule has 1 N–H and O–H groups in total. The van der Waals surface area contributed by atoms with E-state index in [4.69, 9.17) is 5.11 Å². The zero-order chi connectivity index (χ0) is 11.5. The summed E-state index contributed by atoms with van der Waals surface area (Å²) >= 11 is 0. The van der Waals surface area contributed by atoms with E-state index in [1.807, 2.05) is 0 Å². The molecule has 0 radical (unpaired) electrons. The number of aliphatic hydroxyl groups excluding tert-OH is 1. The SMILES string of the molecule is CC(O)CCC(=O)N1CCS(=O)(=O)CC1. The van der Waals surface area contributed by atoms with E-state index >= 15 is 0 Å². The molecule has 0 aromatic rings. The van der Waals surface area contributed by atoms with Crippen molar-refractivity contribution in [2.75, 3.05) is 24.6 Å². The van der Waals surface area contributed by atoms with Crippen LogP contribution in [0.1, 0.15) is 19.8 Å². The van der Waals surface area contributed by atoms with E-state index in [2.05, 4.69) is 0 Å². The maximum Gasteiger partial charge on any atom is 0.222 e. The predicted molar refractivity (Wildman–Crippen MR) is 56.1 cm³/mol. The summed E-state index contributed by atoms with van der Waals surface area (Å²) in [5.74, 6) is 0.0618. The number of carbonyl (C=O) groups excluding carboxylic acids is 1. The summed E-state index contributed by atoms with van der Waals surface area (Å²) in [6.07, 6.45) is 0.238. The number of aliphatic hydroxyl groups is 1. The number of hydrogen-bond acceptors (Lipinski definition) is 4. The van der Waals surface area contributed by atoms with Crippen LogP contribution in [-0.2, 0) is 14.6 Å². The van der Waals surface area contributed by atoms with Crippen molar-refractivity contribution in [3.05, 3.63) is 0 Å². The molecule has 0 aromatic carbocycles. The van der Waals surface area contributed by atoms with Gasteiger partial charge >= 0.3 is 0 Å². The maximum atomic E-state index is 11.5. The van der Waals surface area contributed by atoms with Crippen LogP contribution >= 0.6 is 0 Å². The van der Waals surface area contributed by atoms with Gasteiger partial charge in [0.05, 0.1) is 17.6 Å². The zero-order valence-electron chi connectivity index (χ0n) is 8.85. The van der Waals surface area contributed by atoms with Gasteiger partial charge in [0.25, 0.3) is 0 Å². The summed E-state index contributed by atoms with van der Waals surface area (Å²) in [6.45, 7) is 2.22. The molecule has 0 aromatic heterocycles. The summed E-state index contributed by atoms with van der Waals surface area (Å²) in [6, 6.07) is 0. The molecule has 1 aliphatic heterocycles. The third-order valence-electron chi connectivity index (χ3n) is 2.47. The van der Waals surface area contributed by atoms with Crippen LogP contribution in [-0.4, -0.2) is 55.0 Å². The Morgan fingerprint density at radius 3 is 2.40 bits per heavy atom. The van der Waals surface area contributed by atoms with Crippen molar-refractivity contribution >= 4 is 15.7 Å². The highest BCUT2D eigenvalue weighted by molar-refractivity contribution is 7.91. The lowest BCUT2D eigenvalue weighted by molar-refractivity contribution is -0.131. The fraction of sp³-hybridized carbons (Fsp3) is 0.889. The topological polar surface area (TPSA) is 74.7 Å². The number of rotatable bonds is 3. The van der Waals surface area contributed by atoms with Crippen LogP contribution in [0.3, 0.4) is 0 Å². The maximum absolute atomic E-state index is 11.5. The highest BCUT2D eigenvalue weighted by Crippen LogP contribution is 2.07. The van der Waals surface area contributed by atoms with Gasteiger partial charge in [-0.25, -0.2) is 8.42 Å². The van der Waals surface area contributed by atoms with Gasteiger partial charge < -0.3 is 10.0 Å². The van der Waals surface area contributed by atoms with E-state index in [-0.39, 0.29) is 23.8 Å². The first-order valence-corrected chi connectivity index (χ1v) is 6.89. The average Bonchev–Trinajstić information content (AvgIpc) is 2.14. The van der Waals surface area contributed by atoms with Crippen molar-refractivity contribution in [1.29, 1.82) is 0 Å². The fourth-order valence-corrected chi connectivity index (χ4v) is 2.65. The molecule has 0 bridgehead atoms. The Balaban J connectivity index is 2.37. The van der Waals surface area contributed by atoms with Gasteiger partial charge in [-0.2, -0.15) is 0 Å². The predicted octanol–water partition coefficient (Wildman–Crippen LogP) is -0.596. The van der Waals surface area contributed by atoms with E-state index in [0.717, 1.165) is 0 Å². The molecule has 1 unspecified atom stereocenters. The molecule has 88 valence electrons. The monoisotopic (exact) mass is 235 g/mol. The van der Waals surface area contributed by atoms with Gasteiger partial charge in [-0.3, -0.25) is 4.79 Å². The lowest BCUT2D eigenvalue weighted by Crippen LogP contribution is -2.43. The van der Waals surface area contributed by atoms with Crippen molar-refractivity contribution in [3.63, 3.8) is 0 Å². The molecule has 15 heavy (non-hydrogen) atoms. The van der Waals surface area contributed by atoms with Gasteiger partial charge in [-0.15, -0.1) is 0 Å². The Morgan fingerprint density at radius 2 is 1.93 bits per heavy atom. The summed E-state index contributed by atoms with van der Waals surface area (Å²) in [7, 11) is -2.92. The smallest absolute Gasteiger partial charge is 0.222 e. The van der Waals surface area contributed by atoms with Crippen LogP contribution < -0.4 is 0 Å². The molecule has 1 rings (SSSR count). The van der Waals surface area contributed by atoms with Crippen LogP contribution in [0.2, 0.25) is 0 Å². The second-order valence-electron chi connectivity index (χ2n) is 3.92. The molecule has 1 heterocycles. The van der Waals surface area contributed by atoms with E-state index in [0.29, 0.717) is 19.5 Å². The molecule has 1 fully saturated rings. The van der Waals surface area contributed by atoms with Crippen LogP contribution in [0.25, 0.3) is 0 Å². The van der Waals surface area contributed by atoms with Crippen molar-refractivity contribution in [2.45, 2.75) is 25.9 Å². The largest absolute Gasteiger partial charge is 0.393 e. The third kappa shape index (κ3) is 4.17. The first-order valence-electron chi connectivity index (χ1n) is 5.07. The summed E-state index contributed by atoms with van der Waals surface area (Å²) < 4.78 is 22.2. The van der Waals surface area contributed by atoms with E-state index in [1.54, 1.807) is 11.8 Å². The van der Waals surface area contributed by atoms with Crippen molar-refractivity contribution in [2.24, 2.45) is 0 Å². The summed E-state index contributed by atoms with van der Waals surface area (Å²) in [5, 5.41) is 9.02. The summed E-state index contributed by atoms with van der Waals surface area (Å²) in [4.78, 5) is 13.1. The quantitative estimate of drug-likeness (QED) is 0.709. The number of carbonyl (C=O) groups is 1. The zero-order valence-corrected chi connectivity index (χ0v) is 9.66. The van der Waals surface area contributed by atoms with Gasteiger partial charge in [0.1, 0.15) is 0 Å². The molecule has 0 spiro atoms. The second kappa shape index (κ2) is 4.94. The average molecular weight is 235 g/mol. The molecule has 1 aliphatic rings. The minimum absolute atomic E-state index is 0.0629. The Kier molecular flexibility index (Phi) is 4.10. The van der Waals surface area contributed by atoms with Crippen LogP contribution in [0.4, 0.5) is 0 Å². The molecule has 6 heteroatoms. The number of amides is 1. The van der Waals surface area contributed by atoms with E-state index in [9.17, 15) is 13.2 Å². The Morgan fingerprint density at radius 1 is 1.40 bits per heavy atom. The van der Waals surface area contributed by atoms with E-state index in [1.165, 1.54) is 0 Å². The van der Waals surface area contributed by atoms with Crippen molar-refractivity contribution in [3.8, 4) is 0 Å². The standard InChI is InChI=1S/C9H17NO4S/c1-8(11)2-3-9(12)10-4-6-15(13,14)7-5-10/h8,11H,2-7H2,1H3. The van der Waals surface area contributed by atoms with Gasteiger partial charge in [0.2, 0.25) is 5.91 Å². The van der Waals surface area contributed by atoms with E-state index < -0.39 is 15.9 Å². The third-order valence-corrected chi connectivity index (χ3v) is 4.08. The Labute approximate surface area is 90.0 Å². The molecule has 0 aliphatic carbocycles. The van der Waals surface area contributed by atoms with Gasteiger partial charge in [0, 0.05) is 19.5 Å². The molecule has 1 atom stereocenters. The number of hydrogen-bond donors (Lipinski definition) is 1. The molecule has 0 saturated carbocycles. The van der Waals surface area contributed by atoms with Crippen LogP contribution in [0.15, 0.2) is 0 Å². The van der Waals surface area contributed by atoms with Crippen LogP contribution in [0.5, 0.6) is 0 Å². The Hall–Kier alpha value is -0.620. The van der Waals surface area contributed by atoms with Gasteiger partial charge in [-0.1, -0.05) is 0 Å². The highest BCUT2D eigenvalue weighted by Gasteiger charge is 2.24. The molecular weight excluding hydrogens is 218 g/mol. The number of sulfone groups is 1. The molecule has 5 nitrogen and oxygen atoms in total. The van der Waals surface area contributed by atoms with Crippen molar-refractivity contribution in [1.82, 2.24) is 4.90 Å². The van der Waals surface area contributed by atoms with Crippen molar-refractivity contribution < 1.29 is 18.3 Å².